The Bertz CT molecular complexity index is 645. The third-order valence-electron chi connectivity index (χ3n) is 3.41. The van der Waals surface area contributed by atoms with Crippen molar-refractivity contribution in [3.63, 3.8) is 0 Å². The highest BCUT2D eigenvalue weighted by Gasteiger charge is 2.39. The molecule has 0 aliphatic carbocycles. The summed E-state index contributed by atoms with van der Waals surface area (Å²) in [5, 5.41) is 6.19. The Balaban J connectivity index is 2.23. The fraction of sp³-hybridized carbons (Fsp3) is 0.462. The minimum absolute atomic E-state index is 0.0266. The highest BCUT2D eigenvalue weighted by Crippen LogP contribution is 2.25. The predicted molar refractivity (Wildman–Crippen MR) is 80.1 cm³/mol. The molecule has 0 bridgehead atoms. The normalized spacial score (nSPS) is 24.4. The number of benzene rings is 1. The van der Waals surface area contributed by atoms with Crippen LogP contribution >= 0.6 is 11.6 Å². The maximum Gasteiger partial charge on any atom is 0.253 e. The van der Waals surface area contributed by atoms with Crippen LogP contribution in [0.25, 0.3) is 0 Å². The maximum absolute atomic E-state index is 12.3. The molecule has 20 heavy (non-hydrogen) atoms. The molecule has 0 radical (unpaired) electrons. The van der Waals surface area contributed by atoms with E-state index in [0.29, 0.717) is 22.7 Å². The van der Waals surface area contributed by atoms with Crippen molar-refractivity contribution in [2.24, 2.45) is 0 Å². The minimum Gasteiger partial charge on any atom is -0.387 e. The summed E-state index contributed by atoms with van der Waals surface area (Å²) in [6, 6.07) is 4.96. The first kappa shape index (κ1) is 15.1. The molecule has 1 fully saturated rings. The molecule has 1 heterocycles. The lowest BCUT2D eigenvalue weighted by molar-refractivity contribution is 0.0916. The van der Waals surface area contributed by atoms with Crippen molar-refractivity contribution in [3.8, 4) is 0 Å². The Kier molecular flexibility index (Phi) is 3.97. The first-order chi connectivity index (χ1) is 9.25. The molecule has 1 saturated heterocycles. The van der Waals surface area contributed by atoms with E-state index >= 15 is 0 Å². The number of hydrogen-bond acceptors (Lipinski definition) is 4. The second kappa shape index (κ2) is 5.26. The van der Waals surface area contributed by atoms with Crippen LogP contribution in [0.1, 0.15) is 23.7 Å². The summed E-state index contributed by atoms with van der Waals surface area (Å²) < 4.78 is 23.1. The molecule has 1 amide bonds. The summed E-state index contributed by atoms with van der Waals surface area (Å²) in [7, 11) is -1.35. The van der Waals surface area contributed by atoms with E-state index in [1.807, 2.05) is 0 Å². The molecule has 2 rings (SSSR count). The first-order valence-electron chi connectivity index (χ1n) is 6.25. The van der Waals surface area contributed by atoms with Gasteiger partial charge >= 0.3 is 0 Å². The van der Waals surface area contributed by atoms with Crippen LogP contribution in [0.3, 0.4) is 0 Å². The average molecular weight is 317 g/mol. The molecule has 5 nitrogen and oxygen atoms in total. The first-order valence-corrected chi connectivity index (χ1v) is 8.45. The SMILES string of the molecule is CNc1ccc(Cl)cc1C(=O)NC1(C)CCS(=O)(=O)C1. The van der Waals surface area contributed by atoms with E-state index in [2.05, 4.69) is 10.6 Å². The summed E-state index contributed by atoms with van der Waals surface area (Å²) in [4.78, 5) is 12.3. The lowest BCUT2D eigenvalue weighted by Crippen LogP contribution is -2.47. The van der Waals surface area contributed by atoms with Crippen molar-refractivity contribution in [2.75, 3.05) is 23.9 Å². The molecule has 110 valence electrons. The van der Waals surface area contributed by atoms with Gasteiger partial charge in [-0.2, -0.15) is 0 Å². The van der Waals surface area contributed by atoms with Gasteiger partial charge in [0.2, 0.25) is 0 Å². The van der Waals surface area contributed by atoms with E-state index in [4.69, 9.17) is 11.6 Å². The van der Waals surface area contributed by atoms with Gasteiger partial charge < -0.3 is 10.6 Å². The van der Waals surface area contributed by atoms with Crippen LogP contribution in [0.4, 0.5) is 5.69 Å². The molecule has 1 aromatic rings. The van der Waals surface area contributed by atoms with Gasteiger partial charge in [-0.3, -0.25) is 4.79 Å². The fourth-order valence-electron chi connectivity index (χ4n) is 2.37. The van der Waals surface area contributed by atoms with Crippen molar-refractivity contribution in [3.05, 3.63) is 28.8 Å². The van der Waals surface area contributed by atoms with E-state index in [1.165, 1.54) is 0 Å². The quantitative estimate of drug-likeness (QED) is 0.890. The van der Waals surface area contributed by atoms with Crippen LogP contribution < -0.4 is 10.6 Å². The van der Waals surface area contributed by atoms with E-state index in [9.17, 15) is 13.2 Å². The van der Waals surface area contributed by atoms with Crippen LogP contribution in [0.2, 0.25) is 5.02 Å². The lowest BCUT2D eigenvalue weighted by atomic mass is 10.0. The molecule has 1 aliphatic rings. The number of halogens is 1. The van der Waals surface area contributed by atoms with Gasteiger partial charge in [-0.1, -0.05) is 11.6 Å². The molecule has 0 aromatic heterocycles. The number of hydrogen-bond donors (Lipinski definition) is 2. The topological polar surface area (TPSA) is 75.3 Å². The van der Waals surface area contributed by atoms with Gasteiger partial charge in [-0.15, -0.1) is 0 Å². The third kappa shape index (κ3) is 3.24. The smallest absolute Gasteiger partial charge is 0.253 e. The number of amides is 1. The summed E-state index contributed by atoms with van der Waals surface area (Å²) in [5.74, 6) is -0.240. The second-order valence-corrected chi connectivity index (χ2v) is 7.92. The summed E-state index contributed by atoms with van der Waals surface area (Å²) in [6.07, 6.45) is 0.427. The van der Waals surface area contributed by atoms with E-state index in [1.54, 1.807) is 32.2 Å². The Morgan fingerprint density at radius 2 is 2.10 bits per heavy atom. The summed E-state index contributed by atoms with van der Waals surface area (Å²) in [6.45, 7) is 1.75. The average Bonchev–Trinajstić information content (AvgIpc) is 2.63. The molecule has 0 saturated carbocycles. The van der Waals surface area contributed by atoms with Gasteiger partial charge in [-0.25, -0.2) is 8.42 Å². The van der Waals surface area contributed by atoms with Crippen LogP contribution in [-0.2, 0) is 9.84 Å². The Morgan fingerprint density at radius 1 is 1.40 bits per heavy atom. The van der Waals surface area contributed by atoms with Crippen LogP contribution in [0.15, 0.2) is 18.2 Å². The van der Waals surface area contributed by atoms with Crippen molar-refractivity contribution < 1.29 is 13.2 Å². The third-order valence-corrected chi connectivity index (χ3v) is 5.55. The van der Waals surface area contributed by atoms with Crippen LogP contribution in [0, 0.1) is 0 Å². The van der Waals surface area contributed by atoms with Gasteiger partial charge in [-0.05, 0) is 31.5 Å². The van der Waals surface area contributed by atoms with Gasteiger partial charge in [0.15, 0.2) is 9.84 Å². The van der Waals surface area contributed by atoms with E-state index in [-0.39, 0.29) is 17.4 Å². The molecule has 1 aromatic carbocycles. The number of rotatable bonds is 3. The Hall–Kier alpha value is -1.27. The number of anilines is 1. The number of carbonyl (C=O) groups excluding carboxylic acids is 1. The maximum atomic E-state index is 12.3. The van der Waals surface area contributed by atoms with Crippen LogP contribution in [-0.4, -0.2) is 38.4 Å². The molecular weight excluding hydrogens is 300 g/mol. The van der Waals surface area contributed by atoms with E-state index in [0.717, 1.165) is 0 Å². The monoisotopic (exact) mass is 316 g/mol. The Labute approximate surface area is 123 Å². The van der Waals surface area contributed by atoms with Crippen molar-refractivity contribution in [1.29, 1.82) is 0 Å². The minimum atomic E-state index is -3.06. The van der Waals surface area contributed by atoms with Crippen molar-refractivity contribution in [2.45, 2.75) is 18.9 Å². The van der Waals surface area contributed by atoms with Crippen molar-refractivity contribution >= 4 is 33.0 Å². The number of carbonyl (C=O) groups is 1. The standard InChI is InChI=1S/C13H17ClN2O3S/c1-13(5-6-20(18,19)8-13)16-12(17)10-7-9(14)3-4-11(10)15-2/h3-4,7,15H,5-6,8H2,1-2H3,(H,16,17). The molecule has 2 N–H and O–H groups in total. The summed E-state index contributed by atoms with van der Waals surface area (Å²) >= 11 is 5.91. The van der Waals surface area contributed by atoms with E-state index < -0.39 is 15.4 Å². The zero-order chi connectivity index (χ0) is 15.0. The van der Waals surface area contributed by atoms with Crippen LogP contribution in [0.5, 0.6) is 0 Å². The lowest BCUT2D eigenvalue weighted by Gasteiger charge is -2.24. The molecule has 0 spiro atoms. The molecular formula is C13H17ClN2O3S. The van der Waals surface area contributed by atoms with Crippen molar-refractivity contribution in [1.82, 2.24) is 5.32 Å². The zero-order valence-corrected chi connectivity index (χ0v) is 12.9. The molecule has 1 unspecified atom stereocenters. The van der Waals surface area contributed by atoms with Gasteiger partial charge in [0.05, 0.1) is 22.6 Å². The fourth-order valence-corrected chi connectivity index (χ4v) is 4.64. The number of nitrogens with one attached hydrogen (secondary N) is 2. The largest absolute Gasteiger partial charge is 0.387 e. The molecule has 1 atom stereocenters. The molecule has 1 aliphatic heterocycles. The molecule has 7 heteroatoms. The highest BCUT2D eigenvalue weighted by molar-refractivity contribution is 7.91. The van der Waals surface area contributed by atoms with Gasteiger partial charge in [0, 0.05) is 17.8 Å². The summed E-state index contributed by atoms with van der Waals surface area (Å²) in [5.41, 5.74) is 0.338. The Morgan fingerprint density at radius 3 is 2.65 bits per heavy atom. The number of sulfone groups is 1. The predicted octanol–water partition coefficient (Wildman–Crippen LogP) is 1.69. The van der Waals surface area contributed by atoms with Gasteiger partial charge in [0.25, 0.3) is 5.91 Å². The van der Waals surface area contributed by atoms with Gasteiger partial charge in [0.1, 0.15) is 0 Å². The zero-order valence-electron chi connectivity index (χ0n) is 11.4. The highest BCUT2D eigenvalue weighted by atomic mass is 35.5. The second-order valence-electron chi connectivity index (χ2n) is 5.30.